The van der Waals surface area contributed by atoms with Crippen LogP contribution in [0.15, 0.2) is 47.0 Å². The first-order valence-corrected chi connectivity index (χ1v) is 12.0. The average Bonchev–Trinajstić information content (AvgIpc) is 3.48. The van der Waals surface area contributed by atoms with E-state index in [0.29, 0.717) is 11.5 Å². The molecule has 32 heavy (non-hydrogen) atoms. The Labute approximate surface area is 189 Å². The lowest BCUT2D eigenvalue weighted by molar-refractivity contribution is 0.191. The monoisotopic (exact) mass is 437 g/mol. The Hall–Kier alpha value is -2.44. The summed E-state index contributed by atoms with van der Waals surface area (Å²) in [6, 6.07) is 13.3. The highest BCUT2D eigenvalue weighted by Gasteiger charge is 2.25. The molecule has 2 aromatic carbocycles. The van der Waals surface area contributed by atoms with E-state index in [2.05, 4.69) is 39.2 Å². The number of ether oxygens (including phenoxy) is 1. The summed E-state index contributed by atoms with van der Waals surface area (Å²) in [6.07, 6.45) is 5.79. The van der Waals surface area contributed by atoms with Crippen molar-refractivity contribution in [3.63, 3.8) is 0 Å². The highest BCUT2D eigenvalue weighted by atomic mass is 19.1. The topological polar surface area (TPSA) is 41.7 Å². The summed E-state index contributed by atoms with van der Waals surface area (Å²) in [6.45, 7) is 7.39. The number of benzene rings is 2. The van der Waals surface area contributed by atoms with Gasteiger partial charge in [0, 0.05) is 30.5 Å². The molecular formula is C26H32FN3O2. The van der Waals surface area contributed by atoms with Crippen LogP contribution in [-0.4, -0.2) is 54.3 Å². The maximum atomic E-state index is 13.4. The second-order valence-electron chi connectivity index (χ2n) is 9.15. The number of nitrogens with zero attached hydrogens (tertiary/aromatic N) is 3. The van der Waals surface area contributed by atoms with E-state index in [0.717, 1.165) is 68.9 Å². The first-order valence-electron chi connectivity index (χ1n) is 12.0. The molecule has 0 N–H and O–H groups in total. The van der Waals surface area contributed by atoms with E-state index in [9.17, 15) is 4.39 Å². The summed E-state index contributed by atoms with van der Waals surface area (Å²) in [7, 11) is 0. The molecule has 0 radical (unpaired) electrons. The molecule has 0 bridgehead atoms. The molecule has 0 unspecified atom stereocenters. The van der Waals surface area contributed by atoms with Crippen LogP contribution in [0, 0.1) is 5.82 Å². The lowest BCUT2D eigenvalue weighted by Gasteiger charge is -2.31. The van der Waals surface area contributed by atoms with Gasteiger partial charge in [0.1, 0.15) is 11.6 Å². The van der Waals surface area contributed by atoms with Crippen molar-refractivity contribution in [3.05, 3.63) is 59.5 Å². The highest BCUT2D eigenvalue weighted by Crippen LogP contribution is 2.32. The van der Waals surface area contributed by atoms with E-state index in [4.69, 9.17) is 9.26 Å². The smallest absolute Gasteiger partial charge is 0.170 e. The molecule has 3 heterocycles. The molecule has 170 valence electrons. The van der Waals surface area contributed by atoms with Gasteiger partial charge in [-0.3, -0.25) is 4.90 Å². The molecule has 0 aliphatic carbocycles. The van der Waals surface area contributed by atoms with Crippen LogP contribution in [0.3, 0.4) is 0 Å². The van der Waals surface area contributed by atoms with Gasteiger partial charge in [-0.15, -0.1) is 0 Å². The van der Waals surface area contributed by atoms with Crippen molar-refractivity contribution in [1.29, 1.82) is 0 Å². The molecule has 2 fully saturated rings. The quantitative estimate of drug-likeness (QED) is 0.453. The van der Waals surface area contributed by atoms with Crippen molar-refractivity contribution in [2.24, 2.45) is 0 Å². The number of fused-ring (bicyclic) bond motifs is 1. The lowest BCUT2D eigenvalue weighted by atomic mass is 9.91. The van der Waals surface area contributed by atoms with E-state index in [1.54, 1.807) is 6.07 Å². The van der Waals surface area contributed by atoms with Crippen LogP contribution in [-0.2, 0) is 6.54 Å². The molecule has 5 rings (SSSR count). The molecule has 2 aliphatic heterocycles. The Balaban J connectivity index is 1.02. The van der Waals surface area contributed by atoms with Crippen molar-refractivity contribution < 1.29 is 13.7 Å². The van der Waals surface area contributed by atoms with Crippen LogP contribution in [0.1, 0.15) is 49.3 Å². The van der Waals surface area contributed by atoms with Gasteiger partial charge in [-0.25, -0.2) is 4.39 Å². The fourth-order valence-corrected chi connectivity index (χ4v) is 5.02. The van der Waals surface area contributed by atoms with Gasteiger partial charge in [0.2, 0.25) is 0 Å². The molecule has 1 aromatic heterocycles. The largest absolute Gasteiger partial charge is 0.494 e. The van der Waals surface area contributed by atoms with Crippen molar-refractivity contribution >= 4 is 11.0 Å². The van der Waals surface area contributed by atoms with Crippen LogP contribution in [0.4, 0.5) is 4.39 Å². The third-order valence-electron chi connectivity index (χ3n) is 6.85. The number of aromatic nitrogens is 1. The van der Waals surface area contributed by atoms with E-state index < -0.39 is 0 Å². The Morgan fingerprint density at radius 2 is 1.75 bits per heavy atom. The van der Waals surface area contributed by atoms with Gasteiger partial charge in [-0.1, -0.05) is 17.3 Å². The molecule has 0 amide bonds. The van der Waals surface area contributed by atoms with Gasteiger partial charge in [0.15, 0.2) is 5.58 Å². The predicted molar refractivity (Wildman–Crippen MR) is 123 cm³/mol. The second kappa shape index (κ2) is 10.0. The third-order valence-corrected chi connectivity index (χ3v) is 6.85. The summed E-state index contributed by atoms with van der Waals surface area (Å²) in [5.41, 5.74) is 2.90. The number of halogens is 1. The van der Waals surface area contributed by atoms with Crippen LogP contribution < -0.4 is 4.74 Å². The minimum atomic E-state index is -0.282. The van der Waals surface area contributed by atoms with Gasteiger partial charge < -0.3 is 14.2 Å². The number of rotatable bonds is 8. The van der Waals surface area contributed by atoms with E-state index in [1.807, 2.05) is 0 Å². The first kappa shape index (κ1) is 21.4. The zero-order valence-corrected chi connectivity index (χ0v) is 18.6. The van der Waals surface area contributed by atoms with Gasteiger partial charge >= 0.3 is 0 Å². The van der Waals surface area contributed by atoms with E-state index >= 15 is 0 Å². The van der Waals surface area contributed by atoms with Gasteiger partial charge in [-0.2, -0.15) is 0 Å². The summed E-state index contributed by atoms with van der Waals surface area (Å²) in [4.78, 5) is 5.02. The Kier molecular flexibility index (Phi) is 6.69. The van der Waals surface area contributed by atoms with Crippen LogP contribution in [0.2, 0.25) is 0 Å². The molecular weight excluding hydrogens is 405 g/mol. The lowest BCUT2D eigenvalue weighted by Crippen LogP contribution is -2.34. The average molecular weight is 438 g/mol. The van der Waals surface area contributed by atoms with Crippen molar-refractivity contribution in [1.82, 2.24) is 15.0 Å². The maximum absolute atomic E-state index is 13.4. The Bertz CT molecular complexity index is 1010. The minimum absolute atomic E-state index is 0.282. The zero-order chi connectivity index (χ0) is 21.8. The zero-order valence-electron chi connectivity index (χ0n) is 18.6. The maximum Gasteiger partial charge on any atom is 0.170 e. The minimum Gasteiger partial charge on any atom is -0.494 e. The molecule has 2 aliphatic rings. The van der Waals surface area contributed by atoms with Crippen molar-refractivity contribution in [3.8, 4) is 5.75 Å². The molecule has 3 aromatic rings. The predicted octanol–water partition coefficient (Wildman–Crippen LogP) is 5.21. The summed E-state index contributed by atoms with van der Waals surface area (Å²) in [5, 5.41) is 5.19. The summed E-state index contributed by atoms with van der Waals surface area (Å²) in [5.74, 6) is 1.06. The molecule has 0 saturated carbocycles. The van der Waals surface area contributed by atoms with Crippen molar-refractivity contribution in [2.45, 2.75) is 44.6 Å². The Morgan fingerprint density at radius 3 is 2.53 bits per heavy atom. The van der Waals surface area contributed by atoms with E-state index in [1.165, 1.54) is 43.6 Å². The van der Waals surface area contributed by atoms with Gasteiger partial charge in [-0.05, 0) is 88.1 Å². The molecule has 5 nitrogen and oxygen atoms in total. The fraction of sp³-hybridized carbons (Fsp3) is 0.500. The van der Waals surface area contributed by atoms with Gasteiger partial charge in [0.05, 0.1) is 12.3 Å². The first-order chi connectivity index (χ1) is 15.7. The SMILES string of the molecule is Fc1ccc2c(C3CCN(CCCOc4ccc(CN5CCCC5)cc4)CC3)noc2c1. The summed E-state index contributed by atoms with van der Waals surface area (Å²) >= 11 is 0. The van der Waals surface area contributed by atoms with Gasteiger partial charge in [0.25, 0.3) is 0 Å². The number of piperidine rings is 1. The number of hydrogen-bond donors (Lipinski definition) is 0. The standard InChI is InChI=1S/C26H32FN3O2/c27-22-6-9-24-25(18-22)32-28-26(24)21-10-15-29(16-11-21)14-3-17-31-23-7-4-20(5-8-23)19-30-12-1-2-13-30/h4-9,18,21H,1-3,10-17,19H2. The second-order valence-corrected chi connectivity index (χ2v) is 9.15. The van der Waals surface area contributed by atoms with E-state index in [-0.39, 0.29) is 5.82 Å². The Morgan fingerprint density at radius 1 is 0.969 bits per heavy atom. The normalized spacial score (nSPS) is 18.5. The fourth-order valence-electron chi connectivity index (χ4n) is 5.02. The summed E-state index contributed by atoms with van der Waals surface area (Å²) < 4.78 is 24.7. The van der Waals surface area contributed by atoms with Crippen LogP contribution in [0.5, 0.6) is 5.75 Å². The number of hydrogen-bond acceptors (Lipinski definition) is 5. The molecule has 6 heteroatoms. The number of likely N-dealkylation sites (tertiary alicyclic amines) is 2. The third kappa shape index (κ3) is 5.13. The molecule has 0 atom stereocenters. The highest BCUT2D eigenvalue weighted by molar-refractivity contribution is 5.79. The molecule has 0 spiro atoms. The van der Waals surface area contributed by atoms with Crippen molar-refractivity contribution in [2.75, 3.05) is 39.3 Å². The van der Waals surface area contributed by atoms with Crippen LogP contribution >= 0.6 is 0 Å². The van der Waals surface area contributed by atoms with Crippen LogP contribution in [0.25, 0.3) is 11.0 Å². The molecule has 2 saturated heterocycles.